The van der Waals surface area contributed by atoms with Gasteiger partial charge in [-0.3, -0.25) is 0 Å². The zero-order valence-corrected chi connectivity index (χ0v) is 13.1. The summed E-state index contributed by atoms with van der Waals surface area (Å²) in [4.78, 5) is 0. The van der Waals surface area contributed by atoms with E-state index in [1.165, 1.54) is 11.1 Å². The van der Waals surface area contributed by atoms with E-state index in [1.807, 2.05) is 24.3 Å². The van der Waals surface area contributed by atoms with Gasteiger partial charge in [-0.1, -0.05) is 82.7 Å². The SMILES string of the molecule is Brc1cccc(NC(c2ccccc2)c2ccccc2)c1. The van der Waals surface area contributed by atoms with Crippen molar-refractivity contribution in [2.24, 2.45) is 0 Å². The molecule has 0 heterocycles. The molecule has 2 heteroatoms. The van der Waals surface area contributed by atoms with Crippen molar-refractivity contribution >= 4 is 21.6 Å². The monoisotopic (exact) mass is 337 g/mol. The largest absolute Gasteiger partial charge is 0.374 e. The second-order valence-electron chi connectivity index (χ2n) is 4.91. The second-order valence-corrected chi connectivity index (χ2v) is 5.82. The van der Waals surface area contributed by atoms with Crippen LogP contribution in [-0.4, -0.2) is 0 Å². The molecule has 0 saturated heterocycles. The average Bonchev–Trinajstić information content (AvgIpc) is 2.54. The lowest BCUT2D eigenvalue weighted by atomic mass is 9.98. The first-order valence-corrected chi connectivity index (χ1v) is 7.74. The molecule has 0 atom stereocenters. The molecular formula is C19H16BrN. The van der Waals surface area contributed by atoms with Crippen LogP contribution in [0.5, 0.6) is 0 Å². The maximum Gasteiger partial charge on any atom is 0.0767 e. The highest BCUT2D eigenvalue weighted by molar-refractivity contribution is 9.10. The van der Waals surface area contributed by atoms with Gasteiger partial charge in [0, 0.05) is 10.2 Å². The predicted octanol–water partition coefficient (Wildman–Crippen LogP) is 5.65. The summed E-state index contributed by atoms with van der Waals surface area (Å²) in [5, 5.41) is 3.62. The highest BCUT2D eigenvalue weighted by Gasteiger charge is 2.13. The average molecular weight is 338 g/mol. The van der Waals surface area contributed by atoms with Gasteiger partial charge in [0.15, 0.2) is 0 Å². The number of hydrogen-bond donors (Lipinski definition) is 1. The molecule has 0 aliphatic rings. The Morgan fingerprint density at radius 3 is 1.76 bits per heavy atom. The molecule has 0 fully saturated rings. The summed E-state index contributed by atoms with van der Waals surface area (Å²) in [7, 11) is 0. The Hall–Kier alpha value is -2.06. The molecule has 0 aromatic heterocycles. The standard InChI is InChI=1S/C19H16BrN/c20-17-12-7-13-18(14-17)21-19(15-8-3-1-4-9-15)16-10-5-2-6-11-16/h1-14,19,21H. The first-order chi connectivity index (χ1) is 10.3. The first-order valence-electron chi connectivity index (χ1n) is 6.95. The van der Waals surface area contributed by atoms with E-state index in [-0.39, 0.29) is 6.04 Å². The van der Waals surface area contributed by atoms with Gasteiger partial charge < -0.3 is 5.32 Å². The Morgan fingerprint density at radius 1 is 0.667 bits per heavy atom. The molecule has 0 aliphatic carbocycles. The molecule has 0 saturated carbocycles. The minimum absolute atomic E-state index is 0.140. The van der Waals surface area contributed by atoms with E-state index in [4.69, 9.17) is 0 Å². The lowest BCUT2D eigenvalue weighted by Gasteiger charge is -2.21. The van der Waals surface area contributed by atoms with Crippen molar-refractivity contribution in [2.45, 2.75) is 6.04 Å². The maximum absolute atomic E-state index is 3.62. The molecule has 3 aromatic rings. The molecule has 0 bridgehead atoms. The van der Waals surface area contributed by atoms with Gasteiger partial charge in [0.05, 0.1) is 6.04 Å². The molecule has 3 aromatic carbocycles. The van der Waals surface area contributed by atoms with Gasteiger partial charge in [-0.05, 0) is 29.3 Å². The van der Waals surface area contributed by atoms with Crippen molar-refractivity contribution in [1.82, 2.24) is 0 Å². The normalized spacial score (nSPS) is 10.6. The highest BCUT2D eigenvalue weighted by atomic mass is 79.9. The van der Waals surface area contributed by atoms with E-state index < -0.39 is 0 Å². The van der Waals surface area contributed by atoms with Crippen molar-refractivity contribution in [3.8, 4) is 0 Å². The predicted molar refractivity (Wildman–Crippen MR) is 92.5 cm³/mol. The molecule has 0 aliphatic heterocycles. The van der Waals surface area contributed by atoms with E-state index in [9.17, 15) is 0 Å². The number of halogens is 1. The topological polar surface area (TPSA) is 12.0 Å². The van der Waals surface area contributed by atoms with Crippen LogP contribution in [0.1, 0.15) is 17.2 Å². The van der Waals surface area contributed by atoms with Crippen molar-refractivity contribution < 1.29 is 0 Å². The van der Waals surface area contributed by atoms with Crippen LogP contribution in [-0.2, 0) is 0 Å². The Labute approximate surface area is 133 Å². The summed E-state index contributed by atoms with van der Waals surface area (Å²) in [5.74, 6) is 0. The van der Waals surface area contributed by atoms with Crippen molar-refractivity contribution in [2.75, 3.05) is 5.32 Å². The van der Waals surface area contributed by atoms with Gasteiger partial charge in [0.2, 0.25) is 0 Å². The highest BCUT2D eigenvalue weighted by Crippen LogP contribution is 2.27. The number of hydrogen-bond acceptors (Lipinski definition) is 1. The van der Waals surface area contributed by atoms with Gasteiger partial charge >= 0.3 is 0 Å². The number of nitrogens with one attached hydrogen (secondary N) is 1. The molecule has 104 valence electrons. The van der Waals surface area contributed by atoms with Gasteiger partial charge in [-0.15, -0.1) is 0 Å². The van der Waals surface area contributed by atoms with Crippen LogP contribution in [0.3, 0.4) is 0 Å². The third-order valence-corrected chi connectivity index (χ3v) is 3.89. The lowest BCUT2D eigenvalue weighted by molar-refractivity contribution is 0.939. The van der Waals surface area contributed by atoms with E-state index >= 15 is 0 Å². The van der Waals surface area contributed by atoms with Gasteiger partial charge in [0.25, 0.3) is 0 Å². The summed E-state index contributed by atoms with van der Waals surface area (Å²) in [6.07, 6.45) is 0. The molecule has 3 rings (SSSR count). The fourth-order valence-corrected chi connectivity index (χ4v) is 2.79. The number of rotatable bonds is 4. The summed E-state index contributed by atoms with van der Waals surface area (Å²) < 4.78 is 1.08. The van der Waals surface area contributed by atoms with Gasteiger partial charge in [-0.25, -0.2) is 0 Å². The van der Waals surface area contributed by atoms with Crippen LogP contribution < -0.4 is 5.32 Å². The van der Waals surface area contributed by atoms with E-state index in [2.05, 4.69) is 81.9 Å². The quantitative estimate of drug-likeness (QED) is 0.648. The van der Waals surface area contributed by atoms with Crippen LogP contribution in [0.25, 0.3) is 0 Å². The molecule has 0 unspecified atom stereocenters. The Balaban J connectivity index is 1.97. The molecule has 0 amide bonds. The van der Waals surface area contributed by atoms with Crippen LogP contribution >= 0.6 is 15.9 Å². The van der Waals surface area contributed by atoms with E-state index in [0.29, 0.717) is 0 Å². The van der Waals surface area contributed by atoms with Crippen molar-refractivity contribution in [3.05, 3.63) is 101 Å². The van der Waals surface area contributed by atoms with Gasteiger partial charge in [-0.2, -0.15) is 0 Å². The molecule has 1 nitrogen and oxygen atoms in total. The lowest BCUT2D eigenvalue weighted by Crippen LogP contribution is -2.12. The summed E-state index contributed by atoms with van der Waals surface area (Å²) in [6.45, 7) is 0. The molecule has 0 radical (unpaired) electrons. The summed E-state index contributed by atoms with van der Waals surface area (Å²) in [5.41, 5.74) is 3.61. The molecular weight excluding hydrogens is 322 g/mol. The zero-order chi connectivity index (χ0) is 14.5. The number of benzene rings is 3. The summed E-state index contributed by atoms with van der Waals surface area (Å²) >= 11 is 3.52. The maximum atomic E-state index is 3.62. The fourth-order valence-electron chi connectivity index (χ4n) is 2.40. The van der Waals surface area contributed by atoms with Crippen molar-refractivity contribution in [1.29, 1.82) is 0 Å². The fraction of sp³-hybridized carbons (Fsp3) is 0.0526. The third-order valence-electron chi connectivity index (χ3n) is 3.40. The Morgan fingerprint density at radius 2 is 1.24 bits per heavy atom. The molecule has 1 N–H and O–H groups in total. The van der Waals surface area contributed by atoms with Crippen LogP contribution in [0.4, 0.5) is 5.69 Å². The number of anilines is 1. The zero-order valence-electron chi connectivity index (χ0n) is 11.5. The smallest absolute Gasteiger partial charge is 0.0767 e. The van der Waals surface area contributed by atoms with Crippen molar-refractivity contribution in [3.63, 3.8) is 0 Å². The molecule has 0 spiro atoms. The van der Waals surface area contributed by atoms with Gasteiger partial charge in [0.1, 0.15) is 0 Å². The minimum Gasteiger partial charge on any atom is -0.374 e. The minimum atomic E-state index is 0.140. The molecule has 21 heavy (non-hydrogen) atoms. The van der Waals surface area contributed by atoms with E-state index in [1.54, 1.807) is 0 Å². The van der Waals surface area contributed by atoms with Crippen LogP contribution in [0, 0.1) is 0 Å². The Kier molecular flexibility index (Phi) is 4.37. The van der Waals surface area contributed by atoms with Crippen LogP contribution in [0.15, 0.2) is 89.4 Å². The first kappa shape index (κ1) is 13.9. The second kappa shape index (κ2) is 6.59. The third kappa shape index (κ3) is 3.53. The Bertz CT molecular complexity index is 656. The van der Waals surface area contributed by atoms with Crippen LogP contribution in [0.2, 0.25) is 0 Å². The van der Waals surface area contributed by atoms with E-state index in [0.717, 1.165) is 10.2 Å². The summed E-state index contributed by atoms with van der Waals surface area (Å²) in [6, 6.07) is 29.4.